The quantitative estimate of drug-likeness (QED) is 0.841. The van der Waals surface area contributed by atoms with Crippen molar-refractivity contribution in [3.8, 4) is 11.5 Å². The predicted octanol–water partition coefficient (Wildman–Crippen LogP) is 4.18. The van der Waals surface area contributed by atoms with Crippen LogP contribution in [0.3, 0.4) is 0 Å². The van der Waals surface area contributed by atoms with E-state index in [1.54, 1.807) is 32.4 Å². The predicted molar refractivity (Wildman–Crippen MR) is 113 cm³/mol. The maximum atomic E-state index is 12.8. The molecule has 2 amide bonds. The number of hydrogen-bond donors (Lipinski definition) is 1. The van der Waals surface area contributed by atoms with Crippen LogP contribution in [0.4, 0.5) is 16.2 Å². The van der Waals surface area contributed by atoms with Gasteiger partial charge in [0.05, 0.1) is 19.9 Å². The SMILES string of the molecule is COc1ccc(OC)c(NC(=O)N2CCN(c3ccccc3C(C)C)CC2)c1. The van der Waals surface area contributed by atoms with Gasteiger partial charge in [-0.3, -0.25) is 0 Å². The summed E-state index contributed by atoms with van der Waals surface area (Å²) in [5.41, 5.74) is 3.23. The summed E-state index contributed by atoms with van der Waals surface area (Å²) in [6.07, 6.45) is 0. The van der Waals surface area contributed by atoms with Gasteiger partial charge in [-0.2, -0.15) is 0 Å². The summed E-state index contributed by atoms with van der Waals surface area (Å²) in [4.78, 5) is 17.0. The van der Waals surface area contributed by atoms with Gasteiger partial charge >= 0.3 is 6.03 Å². The van der Waals surface area contributed by atoms with E-state index in [1.807, 2.05) is 4.90 Å². The van der Waals surface area contributed by atoms with Crippen molar-refractivity contribution >= 4 is 17.4 Å². The third-order valence-electron chi connectivity index (χ3n) is 5.11. The average molecular weight is 383 g/mol. The molecule has 6 heteroatoms. The maximum Gasteiger partial charge on any atom is 0.322 e. The Labute approximate surface area is 167 Å². The Hall–Kier alpha value is -2.89. The molecule has 1 aliphatic rings. The smallest absolute Gasteiger partial charge is 0.322 e. The lowest BCUT2D eigenvalue weighted by Crippen LogP contribution is -2.50. The molecular weight excluding hydrogens is 354 g/mol. The lowest BCUT2D eigenvalue weighted by Gasteiger charge is -2.37. The van der Waals surface area contributed by atoms with E-state index in [9.17, 15) is 4.79 Å². The monoisotopic (exact) mass is 383 g/mol. The van der Waals surface area contributed by atoms with Crippen LogP contribution in [-0.4, -0.2) is 51.3 Å². The first-order valence-corrected chi connectivity index (χ1v) is 9.65. The first kappa shape index (κ1) is 19.9. The number of para-hydroxylation sites is 1. The molecule has 2 aromatic rings. The number of rotatable bonds is 5. The number of methoxy groups -OCH3 is 2. The zero-order valence-corrected chi connectivity index (χ0v) is 17.1. The van der Waals surface area contributed by atoms with Crippen molar-refractivity contribution in [2.75, 3.05) is 50.6 Å². The Morgan fingerprint density at radius 3 is 2.36 bits per heavy atom. The number of urea groups is 1. The molecule has 0 unspecified atom stereocenters. The number of hydrogen-bond acceptors (Lipinski definition) is 4. The number of anilines is 2. The van der Waals surface area contributed by atoms with E-state index >= 15 is 0 Å². The lowest BCUT2D eigenvalue weighted by molar-refractivity contribution is 0.208. The third-order valence-corrected chi connectivity index (χ3v) is 5.11. The minimum absolute atomic E-state index is 0.122. The summed E-state index contributed by atoms with van der Waals surface area (Å²) in [6, 6.07) is 13.8. The van der Waals surface area contributed by atoms with Gasteiger partial charge in [0, 0.05) is 37.9 Å². The van der Waals surface area contributed by atoms with Crippen molar-refractivity contribution in [3.63, 3.8) is 0 Å². The Morgan fingerprint density at radius 2 is 1.71 bits per heavy atom. The molecular formula is C22H29N3O3. The van der Waals surface area contributed by atoms with Gasteiger partial charge in [-0.1, -0.05) is 32.0 Å². The van der Waals surface area contributed by atoms with Crippen LogP contribution in [0.15, 0.2) is 42.5 Å². The van der Waals surface area contributed by atoms with Crippen LogP contribution in [0.5, 0.6) is 11.5 Å². The summed E-state index contributed by atoms with van der Waals surface area (Å²) in [6.45, 7) is 7.39. The van der Waals surface area contributed by atoms with Crippen molar-refractivity contribution in [1.82, 2.24) is 4.90 Å². The largest absolute Gasteiger partial charge is 0.497 e. The Kier molecular flexibility index (Phi) is 6.29. The molecule has 150 valence electrons. The molecule has 28 heavy (non-hydrogen) atoms. The molecule has 0 aromatic heterocycles. The van der Waals surface area contributed by atoms with Gasteiger partial charge in [-0.15, -0.1) is 0 Å². The summed E-state index contributed by atoms with van der Waals surface area (Å²) in [5.74, 6) is 1.75. The number of nitrogens with zero attached hydrogens (tertiary/aromatic N) is 2. The number of benzene rings is 2. The van der Waals surface area contributed by atoms with Crippen molar-refractivity contribution < 1.29 is 14.3 Å². The fraction of sp³-hybridized carbons (Fsp3) is 0.409. The molecule has 3 rings (SSSR count). The van der Waals surface area contributed by atoms with Crippen LogP contribution >= 0.6 is 0 Å². The second-order valence-corrected chi connectivity index (χ2v) is 7.18. The average Bonchev–Trinajstić information content (AvgIpc) is 2.73. The Balaban J connectivity index is 1.65. The Morgan fingerprint density at radius 1 is 1.00 bits per heavy atom. The lowest BCUT2D eigenvalue weighted by atomic mass is 10.00. The number of amides is 2. The van der Waals surface area contributed by atoms with Gasteiger partial charge in [0.15, 0.2) is 0 Å². The second kappa shape index (κ2) is 8.87. The third kappa shape index (κ3) is 4.32. The summed E-state index contributed by atoms with van der Waals surface area (Å²) in [7, 11) is 3.18. The topological polar surface area (TPSA) is 54.0 Å². The van der Waals surface area contributed by atoms with Gasteiger partial charge in [-0.25, -0.2) is 4.79 Å². The molecule has 1 heterocycles. The first-order valence-electron chi connectivity index (χ1n) is 9.65. The number of nitrogens with one attached hydrogen (secondary N) is 1. The minimum atomic E-state index is -0.122. The van der Waals surface area contributed by atoms with Crippen molar-refractivity contribution in [2.24, 2.45) is 0 Å². The molecule has 0 bridgehead atoms. The normalized spacial score (nSPS) is 14.2. The molecule has 1 saturated heterocycles. The van der Waals surface area contributed by atoms with E-state index in [0.29, 0.717) is 36.2 Å². The van der Waals surface area contributed by atoms with Crippen LogP contribution in [-0.2, 0) is 0 Å². The highest BCUT2D eigenvalue weighted by Crippen LogP contribution is 2.30. The fourth-order valence-electron chi connectivity index (χ4n) is 3.52. The molecule has 1 aliphatic heterocycles. The first-order chi connectivity index (χ1) is 13.5. The summed E-state index contributed by atoms with van der Waals surface area (Å²) < 4.78 is 10.6. The van der Waals surface area contributed by atoms with E-state index in [4.69, 9.17) is 9.47 Å². The number of carbonyl (C=O) groups excluding carboxylic acids is 1. The van der Waals surface area contributed by atoms with Crippen molar-refractivity contribution in [3.05, 3.63) is 48.0 Å². The van der Waals surface area contributed by atoms with E-state index < -0.39 is 0 Å². The van der Waals surface area contributed by atoms with E-state index in [2.05, 4.69) is 48.3 Å². The van der Waals surface area contributed by atoms with Gasteiger partial charge in [0.25, 0.3) is 0 Å². The molecule has 0 aliphatic carbocycles. The zero-order valence-electron chi connectivity index (χ0n) is 17.1. The zero-order chi connectivity index (χ0) is 20.1. The fourth-order valence-corrected chi connectivity index (χ4v) is 3.52. The van der Waals surface area contributed by atoms with E-state index in [0.717, 1.165) is 13.1 Å². The number of ether oxygens (including phenoxy) is 2. The van der Waals surface area contributed by atoms with Crippen LogP contribution in [0.1, 0.15) is 25.3 Å². The van der Waals surface area contributed by atoms with Gasteiger partial charge < -0.3 is 24.6 Å². The highest BCUT2D eigenvalue weighted by Gasteiger charge is 2.23. The highest BCUT2D eigenvalue weighted by molar-refractivity contribution is 5.91. The second-order valence-electron chi connectivity index (χ2n) is 7.18. The van der Waals surface area contributed by atoms with Gasteiger partial charge in [0.2, 0.25) is 0 Å². The molecule has 0 saturated carbocycles. The van der Waals surface area contributed by atoms with Crippen LogP contribution < -0.4 is 19.7 Å². The van der Waals surface area contributed by atoms with Crippen LogP contribution in [0, 0.1) is 0 Å². The molecule has 6 nitrogen and oxygen atoms in total. The summed E-state index contributed by atoms with van der Waals surface area (Å²) in [5, 5.41) is 2.95. The minimum Gasteiger partial charge on any atom is -0.497 e. The summed E-state index contributed by atoms with van der Waals surface area (Å²) >= 11 is 0. The highest BCUT2D eigenvalue weighted by atomic mass is 16.5. The van der Waals surface area contributed by atoms with Gasteiger partial charge in [-0.05, 0) is 29.7 Å². The molecule has 0 radical (unpaired) electrons. The standard InChI is InChI=1S/C22H29N3O3/c1-16(2)18-7-5-6-8-20(18)24-11-13-25(14-12-24)22(26)23-19-15-17(27-3)9-10-21(19)28-4/h5-10,15-16H,11-14H2,1-4H3,(H,23,26). The van der Waals surface area contributed by atoms with Crippen LogP contribution in [0.2, 0.25) is 0 Å². The molecule has 1 N–H and O–H groups in total. The Bertz CT molecular complexity index is 814. The maximum absolute atomic E-state index is 12.8. The molecule has 0 spiro atoms. The van der Waals surface area contributed by atoms with Gasteiger partial charge in [0.1, 0.15) is 11.5 Å². The molecule has 0 atom stereocenters. The van der Waals surface area contributed by atoms with E-state index in [1.165, 1.54) is 11.3 Å². The van der Waals surface area contributed by atoms with Crippen molar-refractivity contribution in [2.45, 2.75) is 19.8 Å². The number of piperazine rings is 1. The molecule has 2 aromatic carbocycles. The van der Waals surface area contributed by atoms with E-state index in [-0.39, 0.29) is 6.03 Å². The molecule has 1 fully saturated rings. The van der Waals surface area contributed by atoms with Crippen LogP contribution in [0.25, 0.3) is 0 Å². The number of carbonyl (C=O) groups is 1. The van der Waals surface area contributed by atoms with Crippen molar-refractivity contribution in [1.29, 1.82) is 0 Å².